The highest BCUT2D eigenvalue weighted by Gasteiger charge is 2.13. The van der Waals surface area contributed by atoms with Crippen LogP contribution in [0.1, 0.15) is 18.9 Å². The average molecular weight is 221 g/mol. The first kappa shape index (κ1) is 12.2. The van der Waals surface area contributed by atoms with Gasteiger partial charge in [0.15, 0.2) is 0 Å². The van der Waals surface area contributed by atoms with E-state index in [4.69, 9.17) is 5.11 Å². The van der Waals surface area contributed by atoms with Crippen LogP contribution in [0.25, 0.3) is 0 Å². The minimum atomic E-state index is -1.02. The number of hydrogen-bond donors (Lipinski definition) is 2. The molecule has 1 amide bonds. The fourth-order valence-corrected chi connectivity index (χ4v) is 1.28. The quantitative estimate of drug-likeness (QED) is 0.785. The van der Waals surface area contributed by atoms with Crippen molar-refractivity contribution in [2.75, 3.05) is 0 Å². The summed E-state index contributed by atoms with van der Waals surface area (Å²) in [6.07, 6.45) is 0.931. The second-order valence-corrected chi connectivity index (χ2v) is 3.61. The molecule has 0 saturated carbocycles. The van der Waals surface area contributed by atoms with Crippen molar-refractivity contribution in [1.82, 2.24) is 5.32 Å². The Morgan fingerprint density at radius 2 is 1.94 bits per heavy atom. The number of hydrogen-bond acceptors (Lipinski definition) is 2. The van der Waals surface area contributed by atoms with Gasteiger partial charge in [0, 0.05) is 6.42 Å². The zero-order valence-electron chi connectivity index (χ0n) is 9.14. The van der Waals surface area contributed by atoms with Gasteiger partial charge in [-0.1, -0.05) is 30.3 Å². The molecule has 2 N–H and O–H groups in total. The molecule has 0 aliphatic carbocycles. The molecule has 1 rings (SSSR count). The van der Waals surface area contributed by atoms with Crippen LogP contribution in [0.3, 0.4) is 0 Å². The van der Waals surface area contributed by atoms with Crippen molar-refractivity contribution in [1.29, 1.82) is 0 Å². The molecule has 4 nitrogen and oxygen atoms in total. The van der Waals surface area contributed by atoms with E-state index in [0.29, 0.717) is 12.8 Å². The molecule has 0 bridgehead atoms. The lowest BCUT2D eigenvalue weighted by molar-refractivity contribution is -0.141. The van der Waals surface area contributed by atoms with Gasteiger partial charge in [-0.2, -0.15) is 0 Å². The molecule has 0 aliphatic rings. The normalized spacial score (nSPS) is 11.8. The molecule has 0 aromatic heterocycles. The molecule has 1 atom stereocenters. The van der Waals surface area contributed by atoms with E-state index in [2.05, 4.69) is 5.32 Å². The van der Waals surface area contributed by atoms with Crippen LogP contribution in [-0.2, 0) is 16.0 Å². The van der Waals surface area contributed by atoms with Crippen molar-refractivity contribution < 1.29 is 14.7 Å². The van der Waals surface area contributed by atoms with Gasteiger partial charge in [-0.15, -0.1) is 0 Å². The first-order chi connectivity index (χ1) is 7.59. The van der Waals surface area contributed by atoms with Gasteiger partial charge in [0.05, 0.1) is 0 Å². The van der Waals surface area contributed by atoms with Gasteiger partial charge < -0.3 is 10.4 Å². The summed E-state index contributed by atoms with van der Waals surface area (Å²) in [5.74, 6) is -1.26. The second kappa shape index (κ2) is 5.90. The van der Waals surface area contributed by atoms with Crippen LogP contribution >= 0.6 is 0 Å². The highest BCUT2D eigenvalue weighted by Crippen LogP contribution is 2.02. The van der Waals surface area contributed by atoms with Gasteiger partial charge in [-0.3, -0.25) is 9.59 Å². The van der Waals surface area contributed by atoms with Gasteiger partial charge in [0.1, 0.15) is 6.04 Å². The van der Waals surface area contributed by atoms with Gasteiger partial charge in [-0.05, 0) is 18.9 Å². The van der Waals surface area contributed by atoms with Crippen molar-refractivity contribution in [2.24, 2.45) is 0 Å². The number of carbonyl (C=O) groups excluding carboxylic acids is 1. The van der Waals surface area contributed by atoms with Crippen molar-refractivity contribution in [3.05, 3.63) is 35.9 Å². The number of rotatable bonds is 5. The second-order valence-electron chi connectivity index (χ2n) is 3.61. The molecular weight excluding hydrogens is 206 g/mol. The zero-order chi connectivity index (χ0) is 12.0. The molecule has 0 radical (unpaired) electrons. The minimum Gasteiger partial charge on any atom is -0.480 e. The lowest BCUT2D eigenvalue weighted by Crippen LogP contribution is -2.38. The molecule has 16 heavy (non-hydrogen) atoms. The maximum Gasteiger partial charge on any atom is 0.325 e. The molecule has 1 aromatic rings. The predicted molar refractivity (Wildman–Crippen MR) is 60.0 cm³/mol. The smallest absolute Gasteiger partial charge is 0.325 e. The van der Waals surface area contributed by atoms with Crippen molar-refractivity contribution in [3.8, 4) is 0 Å². The molecule has 0 saturated heterocycles. The van der Waals surface area contributed by atoms with Crippen LogP contribution in [0, 0.1) is 0 Å². The maximum absolute atomic E-state index is 11.4. The summed E-state index contributed by atoms with van der Waals surface area (Å²) in [5, 5.41) is 11.0. The van der Waals surface area contributed by atoms with E-state index >= 15 is 0 Å². The molecule has 86 valence electrons. The third-order valence-electron chi connectivity index (χ3n) is 2.23. The fraction of sp³-hybridized carbons (Fsp3) is 0.333. The summed E-state index contributed by atoms with van der Waals surface area (Å²) in [4.78, 5) is 21.9. The van der Waals surface area contributed by atoms with E-state index in [-0.39, 0.29) is 5.91 Å². The molecule has 1 aromatic carbocycles. The highest BCUT2D eigenvalue weighted by atomic mass is 16.4. The van der Waals surface area contributed by atoms with Crippen molar-refractivity contribution in [2.45, 2.75) is 25.8 Å². The van der Waals surface area contributed by atoms with Crippen LogP contribution in [0.2, 0.25) is 0 Å². The Bertz CT molecular complexity index is 362. The number of aliphatic carboxylic acids is 1. The molecule has 0 spiro atoms. The monoisotopic (exact) mass is 221 g/mol. The standard InChI is InChI=1S/C12H15NO3/c1-9(12(15)16)13-11(14)8-7-10-5-3-2-4-6-10/h2-6,9H,7-8H2,1H3,(H,13,14)(H,15,16). The molecule has 1 unspecified atom stereocenters. The first-order valence-corrected chi connectivity index (χ1v) is 5.15. The van der Waals surface area contributed by atoms with Crippen molar-refractivity contribution >= 4 is 11.9 Å². The Balaban J connectivity index is 2.33. The molecular formula is C12H15NO3. The average Bonchev–Trinajstić information content (AvgIpc) is 2.27. The van der Waals surface area contributed by atoms with E-state index < -0.39 is 12.0 Å². The Kier molecular flexibility index (Phi) is 4.51. The van der Waals surface area contributed by atoms with Crippen molar-refractivity contribution in [3.63, 3.8) is 0 Å². The number of carbonyl (C=O) groups is 2. The number of benzene rings is 1. The Morgan fingerprint density at radius 3 is 2.50 bits per heavy atom. The zero-order valence-corrected chi connectivity index (χ0v) is 9.14. The van der Waals surface area contributed by atoms with Crippen LogP contribution < -0.4 is 5.32 Å². The Hall–Kier alpha value is -1.84. The number of carboxylic acids is 1. The van der Waals surface area contributed by atoms with Crippen LogP contribution in [0.15, 0.2) is 30.3 Å². The van der Waals surface area contributed by atoms with Gasteiger partial charge >= 0.3 is 5.97 Å². The highest BCUT2D eigenvalue weighted by molar-refractivity contribution is 5.83. The maximum atomic E-state index is 11.4. The lowest BCUT2D eigenvalue weighted by atomic mass is 10.1. The van der Waals surface area contributed by atoms with Crippen LogP contribution in [0.4, 0.5) is 0 Å². The largest absolute Gasteiger partial charge is 0.480 e. The van der Waals surface area contributed by atoms with Crippen LogP contribution in [0.5, 0.6) is 0 Å². The summed E-state index contributed by atoms with van der Waals surface area (Å²) in [6, 6.07) is 8.78. The van der Waals surface area contributed by atoms with E-state index in [1.165, 1.54) is 6.92 Å². The molecule has 0 aliphatic heterocycles. The fourth-order valence-electron chi connectivity index (χ4n) is 1.28. The third kappa shape index (κ3) is 4.13. The van der Waals surface area contributed by atoms with Gasteiger partial charge in [0.2, 0.25) is 5.91 Å². The number of amides is 1. The van der Waals surface area contributed by atoms with Gasteiger partial charge in [0.25, 0.3) is 0 Å². The number of nitrogens with one attached hydrogen (secondary N) is 1. The summed E-state index contributed by atoms with van der Waals surface area (Å²) in [6.45, 7) is 1.45. The Labute approximate surface area is 94.3 Å². The van der Waals surface area contributed by atoms with E-state index in [9.17, 15) is 9.59 Å². The van der Waals surface area contributed by atoms with E-state index in [1.54, 1.807) is 0 Å². The summed E-state index contributed by atoms with van der Waals surface area (Å²) >= 11 is 0. The first-order valence-electron chi connectivity index (χ1n) is 5.15. The van der Waals surface area contributed by atoms with Gasteiger partial charge in [-0.25, -0.2) is 0 Å². The topological polar surface area (TPSA) is 66.4 Å². The third-order valence-corrected chi connectivity index (χ3v) is 2.23. The SMILES string of the molecule is CC(NC(=O)CCc1ccccc1)C(=O)O. The van der Waals surface area contributed by atoms with E-state index in [0.717, 1.165) is 5.56 Å². The molecule has 4 heteroatoms. The summed E-state index contributed by atoms with van der Waals surface area (Å²) in [7, 11) is 0. The molecule has 0 fully saturated rings. The number of carboxylic acid groups (broad SMARTS) is 1. The summed E-state index contributed by atoms with van der Waals surface area (Å²) in [5.41, 5.74) is 1.07. The van der Waals surface area contributed by atoms with E-state index in [1.807, 2.05) is 30.3 Å². The lowest BCUT2D eigenvalue weighted by Gasteiger charge is -2.08. The minimum absolute atomic E-state index is 0.237. The predicted octanol–water partition coefficient (Wildman–Crippen LogP) is 1.21. The summed E-state index contributed by atoms with van der Waals surface area (Å²) < 4.78 is 0. The number of aryl methyl sites for hydroxylation is 1. The van der Waals surface area contributed by atoms with Crippen LogP contribution in [-0.4, -0.2) is 23.0 Å². The Morgan fingerprint density at radius 1 is 1.31 bits per heavy atom. The molecule has 0 heterocycles.